The highest BCUT2D eigenvalue weighted by molar-refractivity contribution is 6.09. The Morgan fingerprint density at radius 2 is 1.04 bits per heavy atom. The van der Waals surface area contributed by atoms with Crippen LogP contribution in [0, 0.1) is 11.8 Å². The first kappa shape index (κ1) is 21.1. The van der Waals surface area contributed by atoms with E-state index in [4.69, 9.17) is 9.47 Å². The Hall–Kier alpha value is -2.90. The molecule has 0 amide bonds. The van der Waals surface area contributed by atoms with Crippen molar-refractivity contribution in [2.45, 2.75) is 27.7 Å². The fourth-order valence-electron chi connectivity index (χ4n) is 1.93. The third-order valence-corrected chi connectivity index (χ3v) is 3.15. The molecule has 0 bridgehead atoms. The average Bonchev–Trinajstić information content (AvgIpc) is 2.55. The third-order valence-electron chi connectivity index (χ3n) is 3.15. The van der Waals surface area contributed by atoms with Crippen LogP contribution in [0.2, 0.25) is 0 Å². The quantitative estimate of drug-likeness (QED) is 0.672. The maximum absolute atomic E-state index is 12.3. The zero-order chi connectivity index (χ0) is 20.0. The van der Waals surface area contributed by atoms with Crippen LogP contribution >= 0.6 is 0 Å². The van der Waals surface area contributed by atoms with E-state index in [0.29, 0.717) is 0 Å². The molecule has 1 aromatic rings. The van der Waals surface area contributed by atoms with Gasteiger partial charge in [-0.2, -0.15) is 0 Å². The Kier molecular flexibility index (Phi) is 7.30. The van der Waals surface area contributed by atoms with E-state index < -0.39 is 35.0 Å². The molecule has 0 saturated heterocycles. The minimum atomic E-state index is -1.54. The summed E-state index contributed by atoms with van der Waals surface area (Å²) < 4.78 is 10.1. The molecule has 0 aromatic heterocycles. The van der Waals surface area contributed by atoms with Crippen LogP contribution in [-0.4, -0.2) is 47.3 Å². The van der Waals surface area contributed by atoms with E-state index >= 15 is 0 Å². The van der Waals surface area contributed by atoms with Crippen LogP contribution in [0.4, 0.5) is 0 Å². The summed E-state index contributed by atoms with van der Waals surface area (Å²) in [6.45, 7) is 7.34. The van der Waals surface area contributed by atoms with Gasteiger partial charge in [0.05, 0.1) is 35.5 Å². The molecule has 0 saturated carbocycles. The van der Waals surface area contributed by atoms with Gasteiger partial charge in [0.25, 0.3) is 0 Å². The number of rotatable bonds is 8. The number of hydrogen-bond donors (Lipinski definition) is 2. The van der Waals surface area contributed by atoms with Gasteiger partial charge in [-0.3, -0.25) is 0 Å². The Morgan fingerprint density at radius 3 is 1.27 bits per heavy atom. The monoisotopic (exact) mass is 366 g/mol. The predicted octanol–water partition coefficient (Wildman–Crippen LogP) is 2.71. The molecule has 1 rings (SSSR count). The van der Waals surface area contributed by atoms with Crippen molar-refractivity contribution in [2.75, 3.05) is 13.2 Å². The Bertz CT molecular complexity index is 657. The number of aromatic carboxylic acids is 2. The fraction of sp³-hybridized carbons (Fsp3) is 0.444. The van der Waals surface area contributed by atoms with Crippen LogP contribution in [0.3, 0.4) is 0 Å². The second-order valence-corrected chi connectivity index (χ2v) is 6.54. The molecule has 0 unspecified atom stereocenters. The van der Waals surface area contributed by atoms with Crippen molar-refractivity contribution in [3.8, 4) is 0 Å². The van der Waals surface area contributed by atoms with Gasteiger partial charge in [0.1, 0.15) is 0 Å². The predicted molar refractivity (Wildman–Crippen MR) is 90.6 cm³/mol. The lowest BCUT2D eigenvalue weighted by molar-refractivity contribution is 0.0411. The molecule has 1 aromatic carbocycles. The molecule has 0 atom stereocenters. The summed E-state index contributed by atoms with van der Waals surface area (Å²) in [4.78, 5) is 47.3. The first-order valence-electron chi connectivity index (χ1n) is 8.03. The summed E-state index contributed by atoms with van der Waals surface area (Å²) in [5.41, 5.74) is -1.92. The van der Waals surface area contributed by atoms with Gasteiger partial charge in [-0.15, -0.1) is 0 Å². The molecule has 2 N–H and O–H groups in total. The number of benzene rings is 1. The molecule has 26 heavy (non-hydrogen) atoms. The standard InChI is InChI=1S/C18H22O8/c1-9(2)7-25-17(23)13-5-11(15(19)20)12(16(21)22)6-14(13)18(24)26-8-10(3)4/h5-6,9-10H,7-8H2,1-4H3,(H,19,20)(H,21,22). The van der Waals surface area contributed by atoms with Crippen molar-refractivity contribution in [1.82, 2.24) is 0 Å². The number of carboxylic acid groups (broad SMARTS) is 2. The fourth-order valence-corrected chi connectivity index (χ4v) is 1.93. The van der Waals surface area contributed by atoms with Crippen molar-refractivity contribution < 1.29 is 38.9 Å². The van der Waals surface area contributed by atoms with Crippen molar-refractivity contribution in [2.24, 2.45) is 11.8 Å². The Labute approximate surface area is 150 Å². The van der Waals surface area contributed by atoms with Crippen LogP contribution in [0.15, 0.2) is 12.1 Å². The van der Waals surface area contributed by atoms with E-state index in [1.54, 1.807) is 27.7 Å². The lowest BCUT2D eigenvalue weighted by Crippen LogP contribution is -2.20. The maximum atomic E-state index is 12.3. The number of esters is 2. The average molecular weight is 366 g/mol. The molecule has 0 heterocycles. The molecule has 8 nitrogen and oxygen atoms in total. The summed E-state index contributed by atoms with van der Waals surface area (Å²) >= 11 is 0. The largest absolute Gasteiger partial charge is 0.478 e. The highest BCUT2D eigenvalue weighted by Gasteiger charge is 2.27. The summed E-state index contributed by atoms with van der Waals surface area (Å²) in [5, 5.41) is 18.4. The lowest BCUT2D eigenvalue weighted by Gasteiger charge is -2.14. The molecule has 0 spiro atoms. The zero-order valence-corrected chi connectivity index (χ0v) is 15.1. The van der Waals surface area contributed by atoms with Crippen molar-refractivity contribution in [1.29, 1.82) is 0 Å². The summed E-state index contributed by atoms with van der Waals surface area (Å²) in [6, 6.07) is 1.67. The van der Waals surface area contributed by atoms with Crippen molar-refractivity contribution in [3.63, 3.8) is 0 Å². The molecule has 0 aliphatic carbocycles. The smallest absolute Gasteiger partial charge is 0.339 e. The second-order valence-electron chi connectivity index (χ2n) is 6.54. The van der Waals surface area contributed by atoms with Crippen LogP contribution in [-0.2, 0) is 9.47 Å². The Balaban J connectivity index is 3.44. The van der Waals surface area contributed by atoms with Crippen LogP contribution < -0.4 is 0 Å². The molecular weight excluding hydrogens is 344 g/mol. The first-order chi connectivity index (χ1) is 12.0. The first-order valence-corrected chi connectivity index (χ1v) is 8.03. The van der Waals surface area contributed by atoms with Gasteiger partial charge >= 0.3 is 23.9 Å². The molecule has 0 aliphatic rings. The van der Waals surface area contributed by atoms with Gasteiger partial charge in [-0.05, 0) is 24.0 Å². The zero-order valence-electron chi connectivity index (χ0n) is 15.1. The van der Waals surface area contributed by atoms with Gasteiger partial charge in [0.15, 0.2) is 0 Å². The maximum Gasteiger partial charge on any atom is 0.339 e. The Morgan fingerprint density at radius 1 is 0.731 bits per heavy atom. The number of ether oxygens (including phenoxy) is 2. The van der Waals surface area contributed by atoms with Gasteiger partial charge in [-0.25, -0.2) is 19.2 Å². The van der Waals surface area contributed by atoms with E-state index in [0.717, 1.165) is 12.1 Å². The van der Waals surface area contributed by atoms with Gasteiger partial charge in [0.2, 0.25) is 0 Å². The molecule has 0 radical (unpaired) electrons. The van der Waals surface area contributed by atoms with E-state index in [9.17, 15) is 29.4 Å². The molecule has 142 valence electrons. The summed E-state index contributed by atoms with van der Waals surface area (Å²) in [5.74, 6) is -4.88. The number of carbonyl (C=O) groups excluding carboxylic acids is 2. The van der Waals surface area contributed by atoms with Crippen molar-refractivity contribution >= 4 is 23.9 Å². The van der Waals surface area contributed by atoms with Gasteiger partial charge in [0, 0.05) is 0 Å². The summed E-state index contributed by atoms with van der Waals surface area (Å²) in [7, 11) is 0. The normalized spacial score (nSPS) is 10.7. The van der Waals surface area contributed by atoms with Gasteiger partial charge in [-0.1, -0.05) is 27.7 Å². The molecular formula is C18H22O8. The number of carbonyl (C=O) groups is 4. The highest BCUT2D eigenvalue weighted by atomic mass is 16.5. The van der Waals surface area contributed by atoms with E-state index in [1.165, 1.54) is 0 Å². The number of carboxylic acids is 2. The highest BCUT2D eigenvalue weighted by Crippen LogP contribution is 2.21. The lowest BCUT2D eigenvalue weighted by atomic mass is 9.98. The topological polar surface area (TPSA) is 127 Å². The van der Waals surface area contributed by atoms with E-state index in [1.807, 2.05) is 0 Å². The molecule has 0 aliphatic heterocycles. The molecule has 8 heteroatoms. The van der Waals surface area contributed by atoms with Crippen LogP contribution in [0.25, 0.3) is 0 Å². The van der Waals surface area contributed by atoms with E-state index in [-0.39, 0.29) is 36.2 Å². The van der Waals surface area contributed by atoms with Gasteiger partial charge < -0.3 is 19.7 Å². The van der Waals surface area contributed by atoms with Crippen LogP contribution in [0.1, 0.15) is 69.1 Å². The third kappa shape index (κ3) is 5.58. The van der Waals surface area contributed by atoms with Crippen LogP contribution in [0.5, 0.6) is 0 Å². The minimum Gasteiger partial charge on any atom is -0.478 e. The van der Waals surface area contributed by atoms with Crippen molar-refractivity contribution in [3.05, 3.63) is 34.4 Å². The minimum absolute atomic E-state index is 0.0209. The number of hydrogen-bond acceptors (Lipinski definition) is 6. The SMILES string of the molecule is CC(C)COC(=O)c1cc(C(=O)O)c(C(=O)O)cc1C(=O)OCC(C)C. The second kappa shape index (κ2) is 8.98. The van der Waals surface area contributed by atoms with E-state index in [2.05, 4.69) is 0 Å². The molecule has 0 fully saturated rings. The summed E-state index contributed by atoms with van der Waals surface area (Å²) in [6.07, 6.45) is 0.